The average molecular weight is 572 g/mol. The Labute approximate surface area is 247 Å². The molecule has 0 unspecified atom stereocenters. The number of anilines is 1. The first kappa shape index (κ1) is 28.4. The van der Waals surface area contributed by atoms with Crippen LogP contribution in [0.2, 0.25) is 0 Å². The van der Waals surface area contributed by atoms with Crippen LogP contribution in [0.1, 0.15) is 87.6 Å². The standard InChI is InChI=1S/C33H41N5O4/c1-21-30(42-2)14-13-29(36-21)23-5-3-22(4-6-23)19-37(32(39)24-7-9-25(10-8-24)33(40)41)31-17-26(15-16-34-31)27-18-35-38(20-27)28-11-12-28/h13-18,20,22-25,28H,3-12,19H2,1-2H3,(H,40,41)/t22-,23-,24?,25?. The van der Waals surface area contributed by atoms with Crippen molar-refractivity contribution in [3.63, 3.8) is 0 Å². The van der Waals surface area contributed by atoms with E-state index in [0.717, 1.165) is 53.9 Å². The highest BCUT2D eigenvalue weighted by atomic mass is 16.5. The molecule has 3 aliphatic rings. The number of ether oxygens (including phenoxy) is 1. The molecule has 3 saturated carbocycles. The fourth-order valence-electron chi connectivity index (χ4n) is 6.79. The summed E-state index contributed by atoms with van der Waals surface area (Å²) in [4.78, 5) is 37.0. The zero-order chi connectivity index (χ0) is 29.2. The first-order valence-corrected chi connectivity index (χ1v) is 15.5. The molecule has 42 heavy (non-hydrogen) atoms. The van der Waals surface area contributed by atoms with Gasteiger partial charge in [-0.1, -0.05) is 0 Å². The van der Waals surface area contributed by atoms with E-state index < -0.39 is 5.97 Å². The number of carboxylic acid groups (broad SMARTS) is 1. The molecule has 222 valence electrons. The number of carboxylic acids is 1. The van der Waals surface area contributed by atoms with Gasteiger partial charge in [-0.25, -0.2) is 4.98 Å². The molecule has 3 aromatic rings. The zero-order valence-corrected chi connectivity index (χ0v) is 24.6. The van der Waals surface area contributed by atoms with Gasteiger partial charge in [0.2, 0.25) is 5.91 Å². The minimum Gasteiger partial charge on any atom is -0.495 e. The van der Waals surface area contributed by atoms with E-state index in [1.807, 2.05) is 40.9 Å². The summed E-state index contributed by atoms with van der Waals surface area (Å²) >= 11 is 0. The first-order valence-electron chi connectivity index (χ1n) is 15.5. The molecule has 9 nitrogen and oxygen atoms in total. The van der Waals surface area contributed by atoms with E-state index >= 15 is 0 Å². The fourth-order valence-corrected chi connectivity index (χ4v) is 6.79. The van der Waals surface area contributed by atoms with Gasteiger partial charge in [-0.3, -0.25) is 24.2 Å². The van der Waals surface area contributed by atoms with Crippen molar-refractivity contribution in [2.24, 2.45) is 17.8 Å². The number of hydrogen-bond acceptors (Lipinski definition) is 6. The van der Waals surface area contributed by atoms with E-state index in [2.05, 4.69) is 17.4 Å². The third kappa shape index (κ3) is 6.20. The summed E-state index contributed by atoms with van der Waals surface area (Å²) in [6.07, 6.45) is 14.5. The molecular formula is C33H41N5O4. The van der Waals surface area contributed by atoms with Crippen molar-refractivity contribution in [1.29, 1.82) is 0 Å². The summed E-state index contributed by atoms with van der Waals surface area (Å²) in [6.45, 7) is 2.61. The third-order valence-electron chi connectivity index (χ3n) is 9.55. The monoisotopic (exact) mass is 571 g/mol. The average Bonchev–Trinajstić information content (AvgIpc) is 3.75. The second-order valence-electron chi connectivity index (χ2n) is 12.4. The van der Waals surface area contributed by atoms with E-state index in [0.29, 0.717) is 55.9 Å². The summed E-state index contributed by atoms with van der Waals surface area (Å²) in [6, 6.07) is 8.60. The summed E-state index contributed by atoms with van der Waals surface area (Å²) < 4.78 is 7.43. The van der Waals surface area contributed by atoms with Gasteiger partial charge in [0.1, 0.15) is 11.6 Å². The lowest BCUT2D eigenvalue weighted by Gasteiger charge is -2.35. The van der Waals surface area contributed by atoms with Gasteiger partial charge in [-0.15, -0.1) is 0 Å². The Bertz CT molecular complexity index is 1420. The van der Waals surface area contributed by atoms with Crippen molar-refractivity contribution in [2.75, 3.05) is 18.6 Å². The number of carbonyl (C=O) groups is 2. The lowest BCUT2D eigenvalue weighted by Crippen LogP contribution is -2.42. The van der Waals surface area contributed by atoms with Gasteiger partial charge in [0.25, 0.3) is 0 Å². The Morgan fingerprint density at radius 1 is 0.976 bits per heavy atom. The summed E-state index contributed by atoms with van der Waals surface area (Å²) in [7, 11) is 1.67. The topological polar surface area (TPSA) is 110 Å². The third-order valence-corrected chi connectivity index (χ3v) is 9.55. The van der Waals surface area contributed by atoms with E-state index in [4.69, 9.17) is 14.7 Å². The number of aromatic nitrogens is 4. The number of nitrogens with zero attached hydrogens (tertiary/aromatic N) is 5. The van der Waals surface area contributed by atoms with E-state index in [1.165, 1.54) is 12.8 Å². The predicted octanol–water partition coefficient (Wildman–Crippen LogP) is 6.19. The second kappa shape index (κ2) is 12.2. The highest BCUT2D eigenvalue weighted by Gasteiger charge is 2.35. The molecule has 3 heterocycles. The molecule has 9 heteroatoms. The molecule has 0 aliphatic heterocycles. The Morgan fingerprint density at radius 2 is 1.71 bits per heavy atom. The Kier molecular flexibility index (Phi) is 8.27. The molecular weight excluding hydrogens is 530 g/mol. The lowest BCUT2D eigenvalue weighted by atomic mass is 9.79. The minimum absolute atomic E-state index is 0.0757. The van der Waals surface area contributed by atoms with Crippen molar-refractivity contribution < 1.29 is 19.4 Å². The second-order valence-corrected chi connectivity index (χ2v) is 12.4. The van der Waals surface area contributed by atoms with Crippen LogP contribution in [0.3, 0.4) is 0 Å². The van der Waals surface area contributed by atoms with Crippen LogP contribution in [0.25, 0.3) is 11.1 Å². The smallest absolute Gasteiger partial charge is 0.306 e. The normalized spacial score (nSPS) is 24.2. The molecule has 1 N–H and O–H groups in total. The molecule has 0 bridgehead atoms. The number of aryl methyl sites for hydroxylation is 1. The minimum atomic E-state index is -0.753. The van der Waals surface area contributed by atoms with Gasteiger partial charge in [0.05, 0.1) is 31.0 Å². The van der Waals surface area contributed by atoms with Gasteiger partial charge >= 0.3 is 5.97 Å². The molecule has 3 aliphatic carbocycles. The van der Waals surface area contributed by atoms with Crippen molar-refractivity contribution in [1.82, 2.24) is 19.7 Å². The largest absolute Gasteiger partial charge is 0.495 e. The molecule has 1 amide bonds. The molecule has 0 aromatic carbocycles. The molecule has 0 atom stereocenters. The van der Waals surface area contributed by atoms with Gasteiger partial charge in [0.15, 0.2) is 0 Å². The van der Waals surface area contributed by atoms with Crippen molar-refractivity contribution in [2.45, 2.75) is 83.1 Å². The molecule has 3 fully saturated rings. The molecule has 3 aromatic heterocycles. The van der Waals surface area contributed by atoms with Crippen LogP contribution < -0.4 is 9.64 Å². The van der Waals surface area contributed by atoms with E-state index in [1.54, 1.807) is 13.3 Å². The van der Waals surface area contributed by atoms with Crippen LogP contribution in [0.5, 0.6) is 5.75 Å². The van der Waals surface area contributed by atoms with Crippen molar-refractivity contribution in [3.8, 4) is 16.9 Å². The lowest BCUT2D eigenvalue weighted by molar-refractivity contribution is -0.144. The van der Waals surface area contributed by atoms with E-state index in [9.17, 15) is 14.7 Å². The maximum Gasteiger partial charge on any atom is 0.306 e. The van der Waals surface area contributed by atoms with Crippen molar-refractivity contribution in [3.05, 3.63) is 54.2 Å². The quantitative estimate of drug-likeness (QED) is 0.326. The summed E-state index contributed by atoms with van der Waals surface area (Å²) in [5.74, 6) is 1.06. The molecule has 0 saturated heterocycles. The van der Waals surface area contributed by atoms with Crippen molar-refractivity contribution >= 4 is 17.7 Å². The van der Waals surface area contributed by atoms with Crippen LogP contribution in [-0.4, -0.2) is 50.4 Å². The zero-order valence-electron chi connectivity index (χ0n) is 24.6. The van der Waals surface area contributed by atoms with Crippen LogP contribution in [0.15, 0.2) is 42.9 Å². The number of amides is 1. The van der Waals surface area contributed by atoms with Crippen LogP contribution in [0.4, 0.5) is 5.82 Å². The Hall–Kier alpha value is -3.75. The molecule has 0 spiro atoms. The highest BCUT2D eigenvalue weighted by molar-refractivity contribution is 5.95. The number of methoxy groups -OCH3 is 1. The Balaban J connectivity index is 1.19. The van der Waals surface area contributed by atoms with Crippen LogP contribution >= 0.6 is 0 Å². The Morgan fingerprint density at radius 3 is 2.38 bits per heavy atom. The van der Waals surface area contributed by atoms with E-state index in [-0.39, 0.29) is 17.7 Å². The highest BCUT2D eigenvalue weighted by Crippen LogP contribution is 2.39. The number of rotatable bonds is 9. The maximum absolute atomic E-state index is 14.1. The summed E-state index contributed by atoms with van der Waals surface area (Å²) in [5, 5.41) is 14.0. The number of pyridine rings is 2. The fraction of sp³-hybridized carbons (Fsp3) is 0.545. The molecule has 6 rings (SSSR count). The number of aliphatic carboxylic acids is 1. The summed E-state index contributed by atoms with van der Waals surface area (Å²) in [5.41, 5.74) is 4.07. The first-order chi connectivity index (χ1) is 20.4. The van der Waals surface area contributed by atoms with Crippen LogP contribution in [0, 0.1) is 24.7 Å². The predicted molar refractivity (Wildman–Crippen MR) is 159 cm³/mol. The van der Waals surface area contributed by atoms with Gasteiger partial charge in [-0.05, 0) is 107 Å². The van der Waals surface area contributed by atoms with Gasteiger partial charge < -0.3 is 9.84 Å². The SMILES string of the molecule is COc1ccc([C@H]2CC[C@H](CN(C(=O)C3CCC(C(=O)O)CC3)c3cc(-c4cnn(C5CC5)c4)ccn3)CC2)nc1C. The van der Waals surface area contributed by atoms with Gasteiger partial charge in [-0.2, -0.15) is 5.10 Å². The van der Waals surface area contributed by atoms with Gasteiger partial charge in [0, 0.05) is 42.0 Å². The number of hydrogen-bond donors (Lipinski definition) is 1. The maximum atomic E-state index is 14.1. The molecule has 0 radical (unpaired) electrons. The van der Waals surface area contributed by atoms with Crippen LogP contribution in [-0.2, 0) is 9.59 Å². The number of carbonyl (C=O) groups excluding carboxylic acids is 1.